The van der Waals surface area contributed by atoms with E-state index < -0.39 is 12.0 Å². The molecule has 18 heavy (non-hydrogen) atoms. The van der Waals surface area contributed by atoms with Crippen molar-refractivity contribution in [3.63, 3.8) is 0 Å². The van der Waals surface area contributed by atoms with Gasteiger partial charge in [-0.15, -0.1) is 0 Å². The third kappa shape index (κ3) is 10.5. The van der Waals surface area contributed by atoms with Gasteiger partial charge in [0.2, 0.25) is 0 Å². The molecular weight excluding hydrogens is 232 g/mol. The van der Waals surface area contributed by atoms with E-state index >= 15 is 0 Å². The molecule has 0 aromatic heterocycles. The quantitative estimate of drug-likeness (QED) is 0.435. The van der Waals surface area contributed by atoms with Crippen molar-refractivity contribution in [1.29, 1.82) is 0 Å². The summed E-state index contributed by atoms with van der Waals surface area (Å²) in [5.74, 6) is -0.883. The van der Waals surface area contributed by atoms with Crippen LogP contribution in [0.5, 0.6) is 0 Å². The number of nitrogens with two attached hydrogens (primary N) is 1. The molecule has 0 aromatic carbocycles. The van der Waals surface area contributed by atoms with Crippen LogP contribution in [0.3, 0.4) is 0 Å². The number of ether oxygens (including phenoxy) is 1. The first-order valence-corrected chi connectivity index (χ1v) is 6.96. The summed E-state index contributed by atoms with van der Waals surface area (Å²) in [6.45, 7) is 3.98. The summed E-state index contributed by atoms with van der Waals surface area (Å²) in [6.07, 6.45) is 7.24. The van der Waals surface area contributed by atoms with Crippen molar-refractivity contribution >= 4 is 5.97 Å². The predicted molar refractivity (Wildman–Crippen MR) is 72.7 cm³/mol. The second-order valence-corrected chi connectivity index (χ2v) is 4.48. The van der Waals surface area contributed by atoms with Crippen LogP contribution >= 0.6 is 0 Å². The lowest BCUT2D eigenvalue weighted by Gasteiger charge is -2.14. The zero-order valence-electron chi connectivity index (χ0n) is 11.5. The van der Waals surface area contributed by atoms with Crippen molar-refractivity contribution in [3.8, 4) is 0 Å². The molecule has 0 amide bonds. The van der Waals surface area contributed by atoms with Gasteiger partial charge in [-0.05, 0) is 6.42 Å². The van der Waals surface area contributed by atoms with E-state index in [1.165, 1.54) is 25.7 Å². The number of rotatable bonds is 13. The lowest BCUT2D eigenvalue weighted by atomic mass is 10.1. The smallest absolute Gasteiger partial charge is 0.323 e. The van der Waals surface area contributed by atoms with Crippen LogP contribution in [-0.2, 0) is 9.53 Å². The molecule has 0 rings (SSSR count). The number of carbonyl (C=O) groups is 1. The standard InChI is InChI=1S/C13H28N2O3/c1-2-3-4-5-6-7-10-18-11-12(13(16)17)15-9-8-14/h12,15H,2-11,14H2,1H3,(H,16,17). The van der Waals surface area contributed by atoms with E-state index in [1.807, 2.05) is 0 Å². The van der Waals surface area contributed by atoms with Crippen molar-refractivity contribution in [2.24, 2.45) is 5.73 Å². The van der Waals surface area contributed by atoms with Crippen LogP contribution in [0.15, 0.2) is 0 Å². The molecule has 0 radical (unpaired) electrons. The first-order valence-electron chi connectivity index (χ1n) is 6.96. The fraction of sp³-hybridized carbons (Fsp3) is 0.923. The Labute approximate surface area is 110 Å². The van der Waals surface area contributed by atoms with Crippen LogP contribution in [0.4, 0.5) is 0 Å². The minimum absolute atomic E-state index is 0.213. The molecule has 5 heteroatoms. The summed E-state index contributed by atoms with van der Waals surface area (Å²) >= 11 is 0. The van der Waals surface area contributed by atoms with Gasteiger partial charge in [0, 0.05) is 19.7 Å². The number of carboxylic acid groups (broad SMARTS) is 1. The zero-order valence-corrected chi connectivity index (χ0v) is 11.5. The average molecular weight is 260 g/mol. The van der Waals surface area contributed by atoms with E-state index in [0.29, 0.717) is 19.7 Å². The molecule has 1 unspecified atom stereocenters. The third-order valence-electron chi connectivity index (χ3n) is 2.76. The van der Waals surface area contributed by atoms with E-state index in [2.05, 4.69) is 12.2 Å². The number of unbranched alkanes of at least 4 members (excludes halogenated alkanes) is 5. The maximum Gasteiger partial charge on any atom is 0.323 e. The number of aliphatic carboxylic acids is 1. The van der Waals surface area contributed by atoms with E-state index in [0.717, 1.165) is 12.8 Å². The Bertz CT molecular complexity index is 201. The van der Waals surface area contributed by atoms with Crippen molar-refractivity contribution in [3.05, 3.63) is 0 Å². The Morgan fingerprint density at radius 3 is 2.56 bits per heavy atom. The van der Waals surface area contributed by atoms with Crippen LogP contribution < -0.4 is 11.1 Å². The lowest BCUT2D eigenvalue weighted by molar-refractivity contribution is -0.141. The van der Waals surface area contributed by atoms with E-state index in [9.17, 15) is 4.79 Å². The number of hydrogen-bond donors (Lipinski definition) is 3. The van der Waals surface area contributed by atoms with E-state index in [-0.39, 0.29) is 6.61 Å². The molecule has 0 aliphatic carbocycles. The maximum absolute atomic E-state index is 10.9. The van der Waals surface area contributed by atoms with Gasteiger partial charge in [0.25, 0.3) is 0 Å². The SMILES string of the molecule is CCCCCCCCOCC(NCCN)C(=O)O. The Hall–Kier alpha value is -0.650. The number of nitrogens with one attached hydrogen (secondary N) is 1. The summed E-state index contributed by atoms with van der Waals surface area (Å²) in [7, 11) is 0. The minimum atomic E-state index is -0.883. The minimum Gasteiger partial charge on any atom is -0.480 e. The van der Waals surface area contributed by atoms with Gasteiger partial charge in [-0.25, -0.2) is 0 Å². The maximum atomic E-state index is 10.9. The van der Waals surface area contributed by atoms with Gasteiger partial charge < -0.3 is 20.9 Å². The highest BCUT2D eigenvalue weighted by atomic mass is 16.5. The molecule has 0 spiro atoms. The first-order chi connectivity index (χ1) is 8.72. The number of hydrogen-bond acceptors (Lipinski definition) is 4. The summed E-state index contributed by atoms with van der Waals surface area (Å²) in [6, 6.07) is -0.645. The fourth-order valence-electron chi connectivity index (χ4n) is 1.66. The Morgan fingerprint density at radius 2 is 1.94 bits per heavy atom. The normalized spacial score (nSPS) is 12.6. The molecule has 0 aromatic rings. The summed E-state index contributed by atoms with van der Waals surface area (Å²) in [5, 5.41) is 11.8. The summed E-state index contributed by atoms with van der Waals surface area (Å²) in [4.78, 5) is 10.9. The highest BCUT2D eigenvalue weighted by Crippen LogP contribution is 2.04. The topological polar surface area (TPSA) is 84.6 Å². The van der Waals surface area contributed by atoms with Crippen molar-refractivity contribution in [2.45, 2.75) is 51.5 Å². The number of carboxylic acids is 1. The lowest BCUT2D eigenvalue weighted by Crippen LogP contribution is -2.42. The molecule has 0 saturated heterocycles. The van der Waals surface area contributed by atoms with Crippen molar-refractivity contribution < 1.29 is 14.6 Å². The first kappa shape index (κ1) is 17.4. The third-order valence-corrected chi connectivity index (χ3v) is 2.76. The molecule has 108 valence electrons. The van der Waals surface area contributed by atoms with E-state index in [4.69, 9.17) is 15.6 Å². The predicted octanol–water partition coefficient (Wildman–Crippen LogP) is 1.37. The highest BCUT2D eigenvalue weighted by molar-refractivity contribution is 5.73. The summed E-state index contributed by atoms with van der Waals surface area (Å²) in [5.41, 5.74) is 5.32. The Morgan fingerprint density at radius 1 is 1.28 bits per heavy atom. The second-order valence-electron chi connectivity index (χ2n) is 4.48. The fourth-order valence-corrected chi connectivity index (χ4v) is 1.66. The van der Waals surface area contributed by atoms with Gasteiger partial charge in [-0.2, -0.15) is 0 Å². The summed E-state index contributed by atoms with van der Waals surface area (Å²) < 4.78 is 5.38. The Balaban J connectivity index is 3.40. The van der Waals surface area contributed by atoms with E-state index in [1.54, 1.807) is 0 Å². The second kappa shape index (κ2) is 12.8. The van der Waals surface area contributed by atoms with Gasteiger partial charge in [-0.1, -0.05) is 39.0 Å². The largest absolute Gasteiger partial charge is 0.480 e. The van der Waals surface area contributed by atoms with Crippen LogP contribution in [0.2, 0.25) is 0 Å². The molecule has 4 N–H and O–H groups in total. The van der Waals surface area contributed by atoms with Crippen LogP contribution in [0.25, 0.3) is 0 Å². The van der Waals surface area contributed by atoms with Crippen molar-refractivity contribution in [2.75, 3.05) is 26.3 Å². The molecule has 0 heterocycles. The highest BCUT2D eigenvalue weighted by Gasteiger charge is 2.15. The van der Waals surface area contributed by atoms with Crippen LogP contribution in [0.1, 0.15) is 45.4 Å². The van der Waals surface area contributed by atoms with Crippen molar-refractivity contribution in [1.82, 2.24) is 5.32 Å². The van der Waals surface area contributed by atoms with Gasteiger partial charge >= 0.3 is 5.97 Å². The molecular formula is C13H28N2O3. The van der Waals surface area contributed by atoms with Crippen LogP contribution in [-0.4, -0.2) is 43.4 Å². The van der Waals surface area contributed by atoms with Gasteiger partial charge in [0.15, 0.2) is 0 Å². The molecule has 0 saturated carbocycles. The molecule has 0 aliphatic heterocycles. The Kier molecular flexibility index (Phi) is 12.3. The van der Waals surface area contributed by atoms with Crippen LogP contribution in [0, 0.1) is 0 Å². The molecule has 0 bridgehead atoms. The van der Waals surface area contributed by atoms with Gasteiger partial charge in [0.1, 0.15) is 6.04 Å². The molecule has 5 nitrogen and oxygen atoms in total. The monoisotopic (exact) mass is 260 g/mol. The van der Waals surface area contributed by atoms with Gasteiger partial charge in [0.05, 0.1) is 6.61 Å². The van der Waals surface area contributed by atoms with Gasteiger partial charge in [-0.3, -0.25) is 4.79 Å². The molecule has 0 aliphatic rings. The molecule has 0 fully saturated rings. The molecule has 1 atom stereocenters. The zero-order chi connectivity index (χ0) is 13.6. The average Bonchev–Trinajstić information content (AvgIpc) is 2.35.